The van der Waals surface area contributed by atoms with Crippen molar-refractivity contribution in [3.8, 4) is 0 Å². The highest BCUT2D eigenvalue weighted by Gasteiger charge is 2.25. The van der Waals surface area contributed by atoms with Gasteiger partial charge >= 0.3 is 0 Å². The molecule has 1 aromatic carbocycles. The molecule has 0 saturated carbocycles. The van der Waals surface area contributed by atoms with Gasteiger partial charge in [-0.25, -0.2) is 0 Å². The zero-order valence-electron chi connectivity index (χ0n) is 11.7. The van der Waals surface area contributed by atoms with Gasteiger partial charge in [-0.2, -0.15) is 0 Å². The van der Waals surface area contributed by atoms with Crippen LogP contribution in [0.4, 0.5) is 5.69 Å². The predicted octanol–water partition coefficient (Wildman–Crippen LogP) is 3.12. The fourth-order valence-electron chi connectivity index (χ4n) is 3.26. The summed E-state index contributed by atoms with van der Waals surface area (Å²) in [6.45, 7) is 3.07. The minimum absolute atomic E-state index is 0.296. The highest BCUT2D eigenvalue weighted by atomic mass is 79.9. The van der Waals surface area contributed by atoms with Gasteiger partial charge in [0.1, 0.15) is 0 Å². The van der Waals surface area contributed by atoms with E-state index in [0.29, 0.717) is 12.3 Å². The van der Waals surface area contributed by atoms with Gasteiger partial charge in [0.2, 0.25) is 5.91 Å². The van der Waals surface area contributed by atoms with E-state index in [1.165, 1.54) is 18.4 Å². The first-order valence-corrected chi connectivity index (χ1v) is 8.33. The lowest BCUT2D eigenvalue weighted by atomic mass is 9.93. The zero-order valence-corrected chi connectivity index (χ0v) is 13.3. The number of carbonyl (C=O) groups is 1. The summed E-state index contributed by atoms with van der Waals surface area (Å²) in [6, 6.07) is 6.22. The smallest absolute Gasteiger partial charge is 0.227 e. The van der Waals surface area contributed by atoms with Crippen LogP contribution in [0.1, 0.15) is 31.2 Å². The lowest BCUT2D eigenvalue weighted by Crippen LogP contribution is -2.31. The van der Waals surface area contributed by atoms with E-state index >= 15 is 0 Å². The monoisotopic (exact) mass is 336 g/mol. The number of amides is 1. The van der Waals surface area contributed by atoms with Crippen molar-refractivity contribution in [1.82, 2.24) is 5.32 Å². The molecule has 0 spiro atoms. The number of benzene rings is 1. The summed E-state index contributed by atoms with van der Waals surface area (Å²) in [6.07, 6.45) is 5.16. The van der Waals surface area contributed by atoms with Crippen LogP contribution < -0.4 is 10.2 Å². The molecule has 0 bridgehead atoms. The first-order chi connectivity index (χ1) is 9.74. The predicted molar refractivity (Wildman–Crippen MR) is 85.0 cm³/mol. The van der Waals surface area contributed by atoms with Gasteiger partial charge in [0.15, 0.2) is 0 Å². The number of anilines is 1. The van der Waals surface area contributed by atoms with Crippen LogP contribution in [0.2, 0.25) is 0 Å². The molecule has 1 N–H and O–H groups in total. The quantitative estimate of drug-likeness (QED) is 0.919. The molecule has 3 rings (SSSR count). The summed E-state index contributed by atoms with van der Waals surface area (Å²) in [5.41, 5.74) is 2.40. The van der Waals surface area contributed by atoms with E-state index in [9.17, 15) is 4.79 Å². The molecule has 1 aromatic rings. The second-order valence-electron chi connectivity index (χ2n) is 5.80. The molecular formula is C16H21BrN2O. The van der Waals surface area contributed by atoms with Crippen LogP contribution in [0.3, 0.4) is 0 Å². The fourth-order valence-corrected chi connectivity index (χ4v) is 3.67. The maximum Gasteiger partial charge on any atom is 0.227 e. The van der Waals surface area contributed by atoms with Crippen molar-refractivity contribution in [2.24, 2.45) is 5.92 Å². The van der Waals surface area contributed by atoms with E-state index in [4.69, 9.17) is 0 Å². The second-order valence-corrected chi connectivity index (χ2v) is 6.72. The van der Waals surface area contributed by atoms with Gasteiger partial charge < -0.3 is 10.2 Å². The van der Waals surface area contributed by atoms with Crippen molar-refractivity contribution in [1.29, 1.82) is 0 Å². The summed E-state index contributed by atoms with van der Waals surface area (Å²) in [5.74, 6) is 1.02. The van der Waals surface area contributed by atoms with Crippen LogP contribution in [-0.2, 0) is 11.2 Å². The van der Waals surface area contributed by atoms with Gasteiger partial charge in [0.25, 0.3) is 0 Å². The number of fused-ring (bicyclic) bond motifs is 1. The summed E-state index contributed by atoms with van der Waals surface area (Å²) < 4.78 is 1.10. The Morgan fingerprint density at radius 1 is 1.35 bits per heavy atom. The van der Waals surface area contributed by atoms with Crippen LogP contribution >= 0.6 is 15.9 Å². The SMILES string of the molecule is O=C(CCC1CCNCC1)N1CCc2cc(Br)ccc21. The van der Waals surface area contributed by atoms with Crippen molar-refractivity contribution in [2.45, 2.75) is 32.1 Å². The van der Waals surface area contributed by atoms with Crippen molar-refractivity contribution in [3.63, 3.8) is 0 Å². The van der Waals surface area contributed by atoms with E-state index in [-0.39, 0.29) is 0 Å². The van der Waals surface area contributed by atoms with E-state index in [2.05, 4.69) is 33.4 Å². The highest BCUT2D eigenvalue weighted by Crippen LogP contribution is 2.31. The number of carbonyl (C=O) groups excluding carboxylic acids is 1. The molecule has 0 radical (unpaired) electrons. The molecular weight excluding hydrogens is 316 g/mol. The topological polar surface area (TPSA) is 32.3 Å². The Morgan fingerprint density at radius 3 is 2.95 bits per heavy atom. The van der Waals surface area contributed by atoms with E-state index in [1.807, 2.05) is 11.0 Å². The Kier molecular flexibility index (Phi) is 4.41. The van der Waals surface area contributed by atoms with Crippen LogP contribution in [0, 0.1) is 5.92 Å². The molecule has 3 nitrogen and oxygen atoms in total. The van der Waals surface area contributed by atoms with Crippen LogP contribution in [-0.4, -0.2) is 25.5 Å². The fraction of sp³-hybridized carbons (Fsp3) is 0.562. The average molecular weight is 337 g/mol. The molecule has 0 aliphatic carbocycles. The molecule has 108 valence electrons. The molecule has 4 heteroatoms. The lowest BCUT2D eigenvalue weighted by Gasteiger charge is -2.23. The minimum Gasteiger partial charge on any atom is -0.317 e. The third-order valence-electron chi connectivity index (χ3n) is 4.46. The van der Waals surface area contributed by atoms with Crippen LogP contribution in [0.15, 0.2) is 22.7 Å². The minimum atomic E-state index is 0.296. The van der Waals surface area contributed by atoms with Gasteiger partial charge in [0, 0.05) is 23.1 Å². The number of hydrogen-bond donors (Lipinski definition) is 1. The molecule has 2 aliphatic rings. The van der Waals surface area contributed by atoms with E-state index in [0.717, 1.165) is 48.6 Å². The molecule has 20 heavy (non-hydrogen) atoms. The normalized spacial score (nSPS) is 19.1. The summed E-state index contributed by atoms with van der Waals surface area (Å²) in [5, 5.41) is 3.38. The Balaban J connectivity index is 1.59. The molecule has 0 unspecified atom stereocenters. The number of nitrogens with one attached hydrogen (secondary N) is 1. The molecule has 1 fully saturated rings. The molecule has 1 saturated heterocycles. The van der Waals surface area contributed by atoms with Crippen LogP contribution in [0.25, 0.3) is 0 Å². The van der Waals surface area contributed by atoms with Gasteiger partial charge in [-0.3, -0.25) is 4.79 Å². The van der Waals surface area contributed by atoms with Crippen LogP contribution in [0.5, 0.6) is 0 Å². The summed E-state index contributed by atoms with van der Waals surface area (Å²) >= 11 is 3.50. The molecule has 2 aliphatic heterocycles. The van der Waals surface area contributed by atoms with Crippen molar-refractivity contribution < 1.29 is 4.79 Å². The average Bonchev–Trinajstić information content (AvgIpc) is 2.89. The van der Waals surface area contributed by atoms with Gasteiger partial charge in [-0.05, 0) is 68.5 Å². The number of rotatable bonds is 3. The number of piperidine rings is 1. The molecule has 1 amide bonds. The third kappa shape index (κ3) is 3.07. The Morgan fingerprint density at radius 2 is 2.15 bits per heavy atom. The van der Waals surface area contributed by atoms with E-state index < -0.39 is 0 Å². The Hall–Kier alpha value is -0.870. The zero-order chi connectivity index (χ0) is 13.9. The first-order valence-electron chi connectivity index (χ1n) is 7.53. The number of hydrogen-bond acceptors (Lipinski definition) is 2. The molecule has 0 atom stereocenters. The first kappa shape index (κ1) is 14.1. The third-order valence-corrected chi connectivity index (χ3v) is 4.96. The van der Waals surface area contributed by atoms with Gasteiger partial charge in [-0.15, -0.1) is 0 Å². The Bertz CT molecular complexity index is 497. The van der Waals surface area contributed by atoms with Gasteiger partial charge in [-0.1, -0.05) is 15.9 Å². The highest BCUT2D eigenvalue weighted by molar-refractivity contribution is 9.10. The van der Waals surface area contributed by atoms with Crippen molar-refractivity contribution in [3.05, 3.63) is 28.2 Å². The van der Waals surface area contributed by atoms with Crippen molar-refractivity contribution >= 4 is 27.5 Å². The maximum absolute atomic E-state index is 12.4. The largest absolute Gasteiger partial charge is 0.317 e. The second kappa shape index (κ2) is 6.27. The summed E-state index contributed by atoms with van der Waals surface area (Å²) in [4.78, 5) is 14.4. The lowest BCUT2D eigenvalue weighted by molar-refractivity contribution is -0.118. The molecule has 0 aromatic heterocycles. The van der Waals surface area contributed by atoms with Crippen molar-refractivity contribution in [2.75, 3.05) is 24.5 Å². The standard InChI is InChI=1S/C16H21BrN2O/c17-14-2-3-15-13(11-14)7-10-19(15)16(20)4-1-12-5-8-18-9-6-12/h2-3,11-12,18H,1,4-10H2. The summed E-state index contributed by atoms with van der Waals surface area (Å²) in [7, 11) is 0. The molecule has 2 heterocycles. The Labute approximate surface area is 128 Å². The number of nitrogens with zero attached hydrogens (tertiary/aromatic N) is 1. The van der Waals surface area contributed by atoms with E-state index in [1.54, 1.807) is 0 Å². The maximum atomic E-state index is 12.4. The number of halogens is 1. The van der Waals surface area contributed by atoms with Gasteiger partial charge in [0.05, 0.1) is 0 Å².